The molecule has 0 aromatic heterocycles. The van der Waals surface area contributed by atoms with E-state index in [0.29, 0.717) is 35.2 Å². The molecule has 0 spiro atoms. The molecule has 0 heterocycles. The molecule has 1 amide bonds. The van der Waals surface area contributed by atoms with Gasteiger partial charge in [-0.2, -0.15) is 0 Å². The SMILES string of the molecule is CCOc1ccc(N([C@@H](CC)C(=O)NCCOc2ccc(C)c(Cl)c2)S(C)(=O)=O)cc1. The minimum Gasteiger partial charge on any atom is -0.494 e. The molecule has 1 atom stereocenters. The molecular formula is C22H29ClN2O5S. The highest BCUT2D eigenvalue weighted by Crippen LogP contribution is 2.25. The van der Waals surface area contributed by atoms with E-state index in [9.17, 15) is 13.2 Å². The van der Waals surface area contributed by atoms with Crippen LogP contribution in [0.4, 0.5) is 5.69 Å². The van der Waals surface area contributed by atoms with Gasteiger partial charge in [-0.1, -0.05) is 24.6 Å². The number of amides is 1. The zero-order valence-corrected chi connectivity index (χ0v) is 19.8. The van der Waals surface area contributed by atoms with Crippen LogP contribution in [-0.4, -0.2) is 46.4 Å². The summed E-state index contributed by atoms with van der Waals surface area (Å²) in [5.74, 6) is 0.835. The van der Waals surface area contributed by atoms with E-state index in [1.54, 1.807) is 43.3 Å². The lowest BCUT2D eigenvalue weighted by Crippen LogP contribution is -2.50. The van der Waals surface area contributed by atoms with Gasteiger partial charge in [0.1, 0.15) is 24.1 Å². The van der Waals surface area contributed by atoms with Crippen molar-refractivity contribution in [3.8, 4) is 11.5 Å². The van der Waals surface area contributed by atoms with Gasteiger partial charge in [-0.15, -0.1) is 0 Å². The second-order valence-corrected chi connectivity index (χ2v) is 9.23. The van der Waals surface area contributed by atoms with E-state index in [0.717, 1.165) is 16.1 Å². The van der Waals surface area contributed by atoms with Crippen LogP contribution in [0.25, 0.3) is 0 Å². The van der Waals surface area contributed by atoms with Gasteiger partial charge >= 0.3 is 0 Å². The second kappa shape index (κ2) is 11.2. The molecule has 0 aliphatic heterocycles. The molecular weight excluding hydrogens is 440 g/mol. The molecule has 0 fully saturated rings. The number of hydrogen-bond donors (Lipinski definition) is 1. The van der Waals surface area contributed by atoms with E-state index < -0.39 is 22.0 Å². The van der Waals surface area contributed by atoms with Gasteiger partial charge in [0.25, 0.3) is 0 Å². The molecule has 0 bridgehead atoms. The van der Waals surface area contributed by atoms with Crippen molar-refractivity contribution in [1.29, 1.82) is 0 Å². The smallest absolute Gasteiger partial charge is 0.244 e. The Kier molecular flexibility index (Phi) is 9.00. The zero-order valence-electron chi connectivity index (χ0n) is 18.2. The molecule has 170 valence electrons. The van der Waals surface area contributed by atoms with Crippen LogP contribution in [0, 0.1) is 6.92 Å². The van der Waals surface area contributed by atoms with Gasteiger partial charge in [0, 0.05) is 5.02 Å². The minimum atomic E-state index is -3.70. The highest BCUT2D eigenvalue weighted by molar-refractivity contribution is 7.92. The van der Waals surface area contributed by atoms with Crippen LogP contribution < -0.4 is 19.1 Å². The lowest BCUT2D eigenvalue weighted by molar-refractivity contribution is -0.122. The van der Waals surface area contributed by atoms with Gasteiger partial charge in [-0.25, -0.2) is 8.42 Å². The first-order valence-electron chi connectivity index (χ1n) is 10.1. The summed E-state index contributed by atoms with van der Waals surface area (Å²) in [6, 6.07) is 11.1. The molecule has 2 aromatic rings. The quantitative estimate of drug-likeness (QED) is 0.507. The van der Waals surface area contributed by atoms with Crippen molar-refractivity contribution in [2.75, 3.05) is 30.3 Å². The Hall–Kier alpha value is -2.45. The second-order valence-electron chi connectivity index (χ2n) is 6.96. The molecule has 31 heavy (non-hydrogen) atoms. The fourth-order valence-corrected chi connectivity index (χ4v) is 4.42. The van der Waals surface area contributed by atoms with E-state index in [2.05, 4.69) is 5.32 Å². The average molecular weight is 469 g/mol. The third kappa shape index (κ3) is 7.04. The summed E-state index contributed by atoms with van der Waals surface area (Å²) in [5, 5.41) is 3.36. The maximum Gasteiger partial charge on any atom is 0.244 e. The number of halogens is 1. The number of ether oxygens (including phenoxy) is 2. The van der Waals surface area contributed by atoms with Crippen LogP contribution >= 0.6 is 11.6 Å². The number of carbonyl (C=O) groups excluding carboxylic acids is 1. The summed E-state index contributed by atoms with van der Waals surface area (Å²) < 4.78 is 37.2. The van der Waals surface area contributed by atoms with Crippen molar-refractivity contribution >= 4 is 33.2 Å². The Morgan fingerprint density at radius 2 is 1.74 bits per heavy atom. The van der Waals surface area contributed by atoms with E-state index in [1.807, 2.05) is 19.9 Å². The third-order valence-corrected chi connectivity index (χ3v) is 6.13. The van der Waals surface area contributed by atoms with Crippen molar-refractivity contribution in [3.05, 3.63) is 53.1 Å². The summed E-state index contributed by atoms with van der Waals surface area (Å²) in [5.41, 5.74) is 1.35. The summed E-state index contributed by atoms with van der Waals surface area (Å²) in [4.78, 5) is 12.8. The third-order valence-electron chi connectivity index (χ3n) is 4.55. The lowest BCUT2D eigenvalue weighted by Gasteiger charge is -2.30. The van der Waals surface area contributed by atoms with Gasteiger partial charge in [0.2, 0.25) is 15.9 Å². The maximum absolute atomic E-state index is 12.8. The predicted octanol–water partition coefficient (Wildman–Crippen LogP) is 3.79. The summed E-state index contributed by atoms with van der Waals surface area (Å²) in [7, 11) is -3.70. The molecule has 0 unspecified atom stereocenters. The zero-order chi connectivity index (χ0) is 23.0. The van der Waals surface area contributed by atoms with E-state index >= 15 is 0 Å². The maximum atomic E-state index is 12.8. The Morgan fingerprint density at radius 3 is 2.29 bits per heavy atom. The Morgan fingerprint density at radius 1 is 1.10 bits per heavy atom. The van der Waals surface area contributed by atoms with Crippen molar-refractivity contribution in [2.45, 2.75) is 33.2 Å². The van der Waals surface area contributed by atoms with Crippen LogP contribution in [0.15, 0.2) is 42.5 Å². The highest BCUT2D eigenvalue weighted by atomic mass is 35.5. The molecule has 7 nitrogen and oxygen atoms in total. The molecule has 2 rings (SSSR count). The molecule has 2 aromatic carbocycles. The number of anilines is 1. The van der Waals surface area contributed by atoms with Crippen LogP contribution in [-0.2, 0) is 14.8 Å². The molecule has 0 radical (unpaired) electrons. The summed E-state index contributed by atoms with van der Waals surface area (Å²) in [6.45, 7) is 6.49. The molecule has 0 saturated heterocycles. The Labute approximate surface area is 189 Å². The van der Waals surface area contributed by atoms with E-state index in [-0.39, 0.29) is 13.2 Å². The molecule has 1 N–H and O–H groups in total. The molecule has 0 aliphatic carbocycles. The normalized spacial score (nSPS) is 12.2. The largest absolute Gasteiger partial charge is 0.494 e. The number of sulfonamides is 1. The number of rotatable bonds is 11. The topological polar surface area (TPSA) is 84.9 Å². The average Bonchev–Trinajstić information content (AvgIpc) is 2.72. The van der Waals surface area contributed by atoms with Gasteiger partial charge in [-0.3, -0.25) is 9.10 Å². The standard InChI is InChI=1S/C22H29ClN2O5S/c1-5-21(22(26)24-13-14-30-19-10-7-16(3)20(23)15-19)25(31(4,27)28)17-8-11-18(12-9-17)29-6-2/h7-12,15,21H,5-6,13-14H2,1-4H3,(H,24,26)/t21-/m0/s1. The number of carbonyl (C=O) groups is 1. The fraction of sp³-hybridized carbons (Fsp3) is 0.409. The van der Waals surface area contributed by atoms with Gasteiger partial charge in [-0.05, 0) is 62.2 Å². The number of benzene rings is 2. The Bertz CT molecular complexity index is 980. The summed E-state index contributed by atoms with van der Waals surface area (Å²) in [6.07, 6.45) is 1.39. The first-order valence-corrected chi connectivity index (χ1v) is 12.3. The van der Waals surface area contributed by atoms with Crippen molar-refractivity contribution in [1.82, 2.24) is 5.32 Å². The van der Waals surface area contributed by atoms with Crippen molar-refractivity contribution in [2.24, 2.45) is 0 Å². The van der Waals surface area contributed by atoms with Crippen LogP contribution in [0.3, 0.4) is 0 Å². The number of aryl methyl sites for hydroxylation is 1. The molecule has 9 heteroatoms. The molecule has 0 saturated carbocycles. The summed E-state index contributed by atoms with van der Waals surface area (Å²) >= 11 is 6.08. The molecule has 0 aliphatic rings. The van der Waals surface area contributed by atoms with Crippen LogP contribution in [0.2, 0.25) is 5.02 Å². The van der Waals surface area contributed by atoms with Crippen LogP contribution in [0.5, 0.6) is 11.5 Å². The van der Waals surface area contributed by atoms with Gasteiger partial charge in [0.05, 0.1) is 25.1 Å². The number of nitrogens with one attached hydrogen (secondary N) is 1. The first kappa shape index (κ1) is 24.8. The first-order chi connectivity index (χ1) is 14.7. The predicted molar refractivity (Wildman–Crippen MR) is 124 cm³/mol. The van der Waals surface area contributed by atoms with Crippen molar-refractivity contribution < 1.29 is 22.7 Å². The van der Waals surface area contributed by atoms with E-state index in [1.165, 1.54) is 0 Å². The van der Waals surface area contributed by atoms with E-state index in [4.69, 9.17) is 21.1 Å². The van der Waals surface area contributed by atoms with Crippen LogP contribution in [0.1, 0.15) is 25.8 Å². The monoisotopic (exact) mass is 468 g/mol. The highest BCUT2D eigenvalue weighted by Gasteiger charge is 2.31. The number of hydrogen-bond acceptors (Lipinski definition) is 5. The fourth-order valence-electron chi connectivity index (χ4n) is 3.04. The van der Waals surface area contributed by atoms with Gasteiger partial charge in [0.15, 0.2) is 0 Å². The lowest BCUT2D eigenvalue weighted by atomic mass is 10.2. The van der Waals surface area contributed by atoms with Gasteiger partial charge < -0.3 is 14.8 Å². The Balaban J connectivity index is 2.05. The van der Waals surface area contributed by atoms with Crippen molar-refractivity contribution in [3.63, 3.8) is 0 Å². The number of nitrogens with zero attached hydrogens (tertiary/aromatic N) is 1. The minimum absolute atomic E-state index is 0.224.